The van der Waals surface area contributed by atoms with Gasteiger partial charge in [0.2, 0.25) is 0 Å². The summed E-state index contributed by atoms with van der Waals surface area (Å²) in [7, 11) is 6.65. The molecule has 3 nitrogen and oxygen atoms in total. The molecule has 3 heteroatoms. The van der Waals surface area contributed by atoms with E-state index >= 15 is 0 Å². The molecular weight excluding hydrogens is 212 g/mol. The van der Waals surface area contributed by atoms with E-state index in [1.54, 1.807) is 4.90 Å². The van der Waals surface area contributed by atoms with Gasteiger partial charge in [0.05, 0.1) is 27.7 Å². The molecule has 17 heavy (non-hydrogen) atoms. The molecule has 0 heterocycles. The van der Waals surface area contributed by atoms with E-state index < -0.39 is 0 Å². The summed E-state index contributed by atoms with van der Waals surface area (Å²) in [5, 5.41) is 0. The van der Waals surface area contributed by atoms with Crippen LogP contribution in [0.2, 0.25) is 0 Å². The Morgan fingerprint density at radius 3 is 2.18 bits per heavy atom. The minimum absolute atomic E-state index is 0.732. The molecule has 0 radical (unpaired) electrons. The van der Waals surface area contributed by atoms with Crippen LogP contribution in [0.15, 0.2) is 24.3 Å². The van der Waals surface area contributed by atoms with Crippen LogP contribution in [0.3, 0.4) is 0 Å². The first-order chi connectivity index (χ1) is 8.11. The maximum absolute atomic E-state index is 5.43. The molecule has 1 unspecified atom stereocenters. The van der Waals surface area contributed by atoms with E-state index in [2.05, 4.69) is 45.4 Å². The number of quaternary nitrogens is 2. The predicted molar refractivity (Wildman–Crippen MR) is 70.7 cm³/mol. The van der Waals surface area contributed by atoms with Gasteiger partial charge in [0.1, 0.15) is 25.4 Å². The molecule has 0 fully saturated rings. The highest BCUT2D eigenvalue weighted by atomic mass is 16.5. The quantitative estimate of drug-likeness (QED) is 0.639. The lowest BCUT2D eigenvalue weighted by Crippen LogP contribution is -3.15. The van der Waals surface area contributed by atoms with E-state index in [0.29, 0.717) is 0 Å². The average Bonchev–Trinajstić information content (AvgIpc) is 2.29. The lowest BCUT2D eigenvalue weighted by atomic mass is 10.2. The summed E-state index contributed by atoms with van der Waals surface area (Å²) >= 11 is 0. The lowest BCUT2D eigenvalue weighted by Gasteiger charge is -2.15. The monoisotopic (exact) mass is 238 g/mol. The SMILES string of the molecule is CCOc1ccc(C[NH+](C)CC[NH+](C)C)cc1. The molecule has 1 aromatic rings. The van der Waals surface area contributed by atoms with E-state index in [0.717, 1.165) is 18.9 Å². The number of hydrogen-bond donors (Lipinski definition) is 2. The molecule has 0 aromatic heterocycles. The fourth-order valence-electron chi connectivity index (χ4n) is 1.77. The zero-order valence-corrected chi connectivity index (χ0v) is 11.5. The zero-order chi connectivity index (χ0) is 12.7. The van der Waals surface area contributed by atoms with Crippen LogP contribution in [-0.4, -0.2) is 40.8 Å². The minimum Gasteiger partial charge on any atom is -0.494 e. The molecule has 1 rings (SSSR count). The van der Waals surface area contributed by atoms with Crippen LogP contribution in [0, 0.1) is 0 Å². The van der Waals surface area contributed by atoms with Crippen molar-refractivity contribution in [1.29, 1.82) is 0 Å². The van der Waals surface area contributed by atoms with Gasteiger partial charge >= 0.3 is 0 Å². The summed E-state index contributed by atoms with van der Waals surface area (Å²) in [4.78, 5) is 3.06. The maximum atomic E-state index is 5.43. The van der Waals surface area contributed by atoms with Gasteiger partial charge in [0.25, 0.3) is 0 Å². The van der Waals surface area contributed by atoms with E-state index in [-0.39, 0.29) is 0 Å². The van der Waals surface area contributed by atoms with Crippen molar-refractivity contribution >= 4 is 0 Å². The van der Waals surface area contributed by atoms with Gasteiger partial charge in [-0.25, -0.2) is 0 Å². The fraction of sp³-hybridized carbons (Fsp3) is 0.571. The molecule has 0 saturated carbocycles. The Balaban J connectivity index is 2.40. The molecular formula is C14H26N2O+2. The van der Waals surface area contributed by atoms with Gasteiger partial charge < -0.3 is 14.5 Å². The Morgan fingerprint density at radius 1 is 1.00 bits per heavy atom. The molecule has 1 atom stereocenters. The highest BCUT2D eigenvalue weighted by Gasteiger charge is 2.05. The van der Waals surface area contributed by atoms with Crippen LogP contribution < -0.4 is 14.5 Å². The molecule has 0 aliphatic carbocycles. The van der Waals surface area contributed by atoms with Gasteiger partial charge in [-0.1, -0.05) is 0 Å². The summed E-state index contributed by atoms with van der Waals surface area (Å²) < 4.78 is 5.43. The molecule has 0 bridgehead atoms. The van der Waals surface area contributed by atoms with Gasteiger partial charge in [-0.05, 0) is 31.2 Å². The summed E-state index contributed by atoms with van der Waals surface area (Å²) in [5.41, 5.74) is 1.37. The van der Waals surface area contributed by atoms with Crippen molar-refractivity contribution in [3.63, 3.8) is 0 Å². The van der Waals surface area contributed by atoms with Crippen molar-refractivity contribution in [2.75, 3.05) is 40.8 Å². The van der Waals surface area contributed by atoms with Crippen LogP contribution >= 0.6 is 0 Å². The van der Waals surface area contributed by atoms with Gasteiger partial charge in [-0.15, -0.1) is 0 Å². The first-order valence-electron chi connectivity index (χ1n) is 6.44. The standard InChI is InChI=1S/C14H24N2O/c1-5-17-14-8-6-13(7-9-14)12-16(4)11-10-15(2)3/h6-9H,5,10-12H2,1-4H3/p+2. The third kappa shape index (κ3) is 5.71. The molecule has 0 aliphatic rings. The number of hydrogen-bond acceptors (Lipinski definition) is 1. The van der Waals surface area contributed by atoms with Crippen LogP contribution in [0.1, 0.15) is 12.5 Å². The van der Waals surface area contributed by atoms with E-state index in [1.807, 2.05) is 6.92 Å². The van der Waals surface area contributed by atoms with Crippen LogP contribution in [0.4, 0.5) is 0 Å². The molecule has 2 N–H and O–H groups in total. The number of benzene rings is 1. The second-order valence-corrected chi connectivity index (χ2v) is 4.92. The normalized spacial score (nSPS) is 12.8. The minimum atomic E-state index is 0.732. The topological polar surface area (TPSA) is 18.1 Å². The van der Waals surface area contributed by atoms with Crippen molar-refractivity contribution in [2.45, 2.75) is 13.5 Å². The van der Waals surface area contributed by atoms with Crippen molar-refractivity contribution in [3.05, 3.63) is 29.8 Å². The van der Waals surface area contributed by atoms with Gasteiger partial charge in [0.15, 0.2) is 0 Å². The first-order valence-corrected chi connectivity index (χ1v) is 6.44. The molecule has 0 saturated heterocycles. The smallest absolute Gasteiger partial charge is 0.127 e. The van der Waals surface area contributed by atoms with Crippen LogP contribution in [-0.2, 0) is 6.54 Å². The fourth-order valence-corrected chi connectivity index (χ4v) is 1.77. The van der Waals surface area contributed by atoms with Gasteiger partial charge in [-0.3, -0.25) is 0 Å². The summed E-state index contributed by atoms with van der Waals surface area (Å²) in [6.45, 7) is 6.24. The summed E-state index contributed by atoms with van der Waals surface area (Å²) in [5.74, 6) is 0.964. The summed E-state index contributed by atoms with van der Waals surface area (Å²) in [6, 6.07) is 8.45. The third-order valence-corrected chi connectivity index (χ3v) is 2.79. The Morgan fingerprint density at radius 2 is 1.65 bits per heavy atom. The van der Waals surface area contributed by atoms with Crippen LogP contribution in [0.25, 0.3) is 0 Å². The number of likely N-dealkylation sites (N-methyl/N-ethyl adjacent to an activating group) is 2. The largest absolute Gasteiger partial charge is 0.494 e. The van der Waals surface area contributed by atoms with Crippen LogP contribution in [0.5, 0.6) is 5.75 Å². The van der Waals surface area contributed by atoms with Gasteiger partial charge in [0, 0.05) is 5.56 Å². The molecule has 0 aliphatic heterocycles. The highest BCUT2D eigenvalue weighted by Crippen LogP contribution is 2.11. The van der Waals surface area contributed by atoms with Crippen molar-refractivity contribution in [2.24, 2.45) is 0 Å². The second-order valence-electron chi connectivity index (χ2n) is 4.92. The first kappa shape index (κ1) is 14.0. The Labute approximate surface area is 105 Å². The zero-order valence-electron chi connectivity index (χ0n) is 11.5. The highest BCUT2D eigenvalue weighted by molar-refractivity contribution is 5.26. The number of rotatable bonds is 7. The third-order valence-electron chi connectivity index (χ3n) is 2.79. The average molecular weight is 238 g/mol. The second kappa shape index (κ2) is 7.30. The summed E-state index contributed by atoms with van der Waals surface area (Å²) in [6.07, 6.45) is 0. The van der Waals surface area contributed by atoms with E-state index in [1.165, 1.54) is 23.6 Å². The maximum Gasteiger partial charge on any atom is 0.127 e. The number of nitrogens with one attached hydrogen (secondary N) is 2. The number of ether oxygens (including phenoxy) is 1. The van der Waals surface area contributed by atoms with Crippen molar-refractivity contribution in [1.82, 2.24) is 0 Å². The van der Waals surface area contributed by atoms with Gasteiger partial charge in [-0.2, -0.15) is 0 Å². The van der Waals surface area contributed by atoms with E-state index in [9.17, 15) is 0 Å². The molecule has 0 amide bonds. The predicted octanol–water partition coefficient (Wildman–Crippen LogP) is -0.755. The molecule has 96 valence electrons. The Bertz CT molecular complexity index is 309. The molecule has 0 spiro atoms. The Hall–Kier alpha value is -1.06. The van der Waals surface area contributed by atoms with Crippen molar-refractivity contribution < 1.29 is 14.5 Å². The van der Waals surface area contributed by atoms with E-state index in [4.69, 9.17) is 4.74 Å². The Kier molecular flexibility index (Phi) is 6.01. The van der Waals surface area contributed by atoms with Crippen molar-refractivity contribution in [3.8, 4) is 5.75 Å². The molecule has 1 aromatic carbocycles. The lowest BCUT2D eigenvalue weighted by molar-refractivity contribution is -0.937.